The highest BCUT2D eigenvalue weighted by Crippen LogP contribution is 2.26. The lowest BCUT2D eigenvalue weighted by Crippen LogP contribution is -2.14. The fourth-order valence-corrected chi connectivity index (χ4v) is 2.28. The summed E-state index contributed by atoms with van der Waals surface area (Å²) >= 11 is 3.02. The first-order valence-electron chi connectivity index (χ1n) is 6.60. The maximum Gasteiger partial charge on any atom is 0.284 e. The van der Waals surface area contributed by atoms with Crippen LogP contribution >= 0.6 is 15.9 Å². The van der Waals surface area contributed by atoms with Gasteiger partial charge in [-0.1, -0.05) is 0 Å². The molecule has 0 aliphatic carbocycles. The first-order valence-corrected chi connectivity index (χ1v) is 7.39. The predicted molar refractivity (Wildman–Crippen MR) is 89.5 cm³/mol. The molecule has 0 aromatic heterocycles. The smallest absolute Gasteiger partial charge is 0.284 e. The lowest BCUT2D eigenvalue weighted by atomic mass is 10.2. The topological polar surface area (TPSA) is 101 Å². The molecule has 0 saturated carbocycles. The van der Waals surface area contributed by atoms with Gasteiger partial charge in [0.15, 0.2) is 0 Å². The number of halogens is 2. The summed E-state index contributed by atoms with van der Waals surface area (Å²) in [5.41, 5.74) is -0.137. The molecular weight excluding hydrogens is 385 g/mol. The highest BCUT2D eigenvalue weighted by molar-refractivity contribution is 9.10. The second kappa shape index (κ2) is 7.18. The summed E-state index contributed by atoms with van der Waals surface area (Å²) in [7, 11) is 0. The molecule has 0 heterocycles. The number of rotatable bonds is 4. The van der Waals surface area contributed by atoms with Gasteiger partial charge in [0.1, 0.15) is 5.82 Å². The number of amides is 2. The van der Waals surface area contributed by atoms with Crippen LogP contribution in [0.2, 0.25) is 0 Å². The average Bonchev–Trinajstić information content (AvgIpc) is 2.50. The molecule has 0 spiro atoms. The van der Waals surface area contributed by atoms with Crippen molar-refractivity contribution in [2.75, 3.05) is 10.6 Å². The van der Waals surface area contributed by atoms with E-state index in [4.69, 9.17) is 0 Å². The van der Waals surface area contributed by atoms with Crippen LogP contribution in [-0.4, -0.2) is 16.7 Å². The van der Waals surface area contributed by atoms with Crippen LogP contribution in [0.1, 0.15) is 17.3 Å². The van der Waals surface area contributed by atoms with Gasteiger partial charge in [-0.05, 0) is 46.3 Å². The standard InChI is InChI=1S/C15H11BrFN3O4/c1-8(21)18-10-3-5-12(17)13(7-10)19-15(22)9-2-4-11(16)14(6-9)20(23)24/h2-7H,1H3,(H,18,21)(H,19,22). The van der Waals surface area contributed by atoms with Crippen LogP contribution in [0.3, 0.4) is 0 Å². The summed E-state index contributed by atoms with van der Waals surface area (Å²) in [5, 5.41) is 15.7. The zero-order valence-electron chi connectivity index (χ0n) is 12.3. The van der Waals surface area contributed by atoms with Gasteiger partial charge in [0.25, 0.3) is 11.6 Å². The Labute approximate surface area is 144 Å². The fourth-order valence-electron chi connectivity index (χ4n) is 1.89. The zero-order valence-corrected chi connectivity index (χ0v) is 13.9. The van der Waals surface area contributed by atoms with Crippen molar-refractivity contribution in [2.24, 2.45) is 0 Å². The van der Waals surface area contributed by atoms with E-state index in [1.807, 2.05) is 0 Å². The van der Waals surface area contributed by atoms with Gasteiger partial charge < -0.3 is 10.6 Å². The molecule has 2 aromatic rings. The Hall–Kier alpha value is -2.81. The molecule has 0 bridgehead atoms. The number of nitrogens with one attached hydrogen (secondary N) is 2. The van der Waals surface area contributed by atoms with Gasteiger partial charge >= 0.3 is 0 Å². The maximum absolute atomic E-state index is 13.8. The SMILES string of the molecule is CC(=O)Nc1ccc(F)c(NC(=O)c2ccc(Br)c([N+](=O)[O-])c2)c1. The van der Waals surface area contributed by atoms with Crippen LogP contribution < -0.4 is 10.6 Å². The van der Waals surface area contributed by atoms with Crippen LogP contribution in [-0.2, 0) is 4.79 Å². The van der Waals surface area contributed by atoms with Crippen molar-refractivity contribution >= 4 is 44.8 Å². The molecule has 2 rings (SSSR count). The van der Waals surface area contributed by atoms with Crippen molar-refractivity contribution in [3.05, 3.63) is 62.4 Å². The normalized spacial score (nSPS) is 10.1. The van der Waals surface area contributed by atoms with Crippen molar-refractivity contribution in [3.8, 4) is 0 Å². The van der Waals surface area contributed by atoms with Crippen LogP contribution in [0, 0.1) is 15.9 Å². The maximum atomic E-state index is 13.8. The highest BCUT2D eigenvalue weighted by atomic mass is 79.9. The van der Waals surface area contributed by atoms with E-state index in [0.29, 0.717) is 5.69 Å². The third-order valence-corrected chi connectivity index (χ3v) is 3.61. The van der Waals surface area contributed by atoms with E-state index in [0.717, 1.165) is 12.1 Å². The molecule has 2 amide bonds. The summed E-state index contributed by atoms with van der Waals surface area (Å²) in [6.07, 6.45) is 0. The van der Waals surface area contributed by atoms with Gasteiger partial charge in [-0.2, -0.15) is 0 Å². The lowest BCUT2D eigenvalue weighted by molar-refractivity contribution is -0.385. The van der Waals surface area contributed by atoms with E-state index in [2.05, 4.69) is 26.6 Å². The quantitative estimate of drug-likeness (QED) is 0.608. The van der Waals surface area contributed by atoms with Crippen molar-refractivity contribution in [1.82, 2.24) is 0 Å². The molecule has 0 saturated heterocycles. The number of benzene rings is 2. The summed E-state index contributed by atoms with van der Waals surface area (Å²) in [4.78, 5) is 33.5. The van der Waals surface area contributed by atoms with Gasteiger partial charge in [-0.15, -0.1) is 0 Å². The molecule has 0 fully saturated rings. The second-order valence-corrected chi connectivity index (χ2v) is 5.61. The Bertz CT molecular complexity index is 841. The Balaban J connectivity index is 2.28. The van der Waals surface area contributed by atoms with Gasteiger partial charge in [0.2, 0.25) is 5.91 Å². The van der Waals surface area contributed by atoms with E-state index in [9.17, 15) is 24.1 Å². The largest absolute Gasteiger partial charge is 0.326 e. The van der Waals surface area contributed by atoms with Crippen molar-refractivity contribution in [1.29, 1.82) is 0 Å². The van der Waals surface area contributed by atoms with E-state index in [-0.39, 0.29) is 27.3 Å². The van der Waals surface area contributed by atoms with Gasteiger partial charge in [0, 0.05) is 24.2 Å². The molecule has 0 radical (unpaired) electrons. The van der Waals surface area contributed by atoms with Gasteiger partial charge in [-0.3, -0.25) is 19.7 Å². The van der Waals surface area contributed by atoms with Crippen molar-refractivity contribution in [2.45, 2.75) is 6.92 Å². The number of carbonyl (C=O) groups is 2. The second-order valence-electron chi connectivity index (χ2n) is 4.75. The molecule has 0 atom stereocenters. The van der Waals surface area contributed by atoms with Crippen molar-refractivity contribution in [3.63, 3.8) is 0 Å². The minimum absolute atomic E-state index is 0.00534. The summed E-state index contributed by atoms with van der Waals surface area (Å²) < 4.78 is 14.0. The molecule has 124 valence electrons. The van der Waals surface area contributed by atoms with E-state index >= 15 is 0 Å². The molecule has 0 unspecified atom stereocenters. The van der Waals surface area contributed by atoms with Gasteiger partial charge in [0.05, 0.1) is 15.1 Å². The van der Waals surface area contributed by atoms with Crippen LogP contribution in [0.4, 0.5) is 21.5 Å². The van der Waals surface area contributed by atoms with Crippen LogP contribution in [0.15, 0.2) is 40.9 Å². The number of nitrogens with zero attached hydrogens (tertiary/aromatic N) is 1. The Morgan fingerprint density at radius 2 is 1.88 bits per heavy atom. The van der Waals surface area contributed by atoms with E-state index < -0.39 is 16.6 Å². The fraction of sp³-hybridized carbons (Fsp3) is 0.0667. The van der Waals surface area contributed by atoms with Gasteiger partial charge in [-0.25, -0.2) is 4.39 Å². The minimum atomic E-state index is -0.718. The van der Waals surface area contributed by atoms with Crippen LogP contribution in [0.5, 0.6) is 0 Å². The lowest BCUT2D eigenvalue weighted by Gasteiger charge is -2.09. The molecule has 0 aliphatic heterocycles. The Kier molecular flexibility index (Phi) is 5.24. The third-order valence-electron chi connectivity index (χ3n) is 2.94. The highest BCUT2D eigenvalue weighted by Gasteiger charge is 2.17. The van der Waals surface area contributed by atoms with Crippen LogP contribution in [0.25, 0.3) is 0 Å². The third kappa shape index (κ3) is 4.13. The summed E-state index contributed by atoms with van der Waals surface area (Å²) in [5.74, 6) is -1.77. The summed E-state index contributed by atoms with van der Waals surface area (Å²) in [6, 6.07) is 7.48. The molecular formula is C15H11BrFN3O4. The van der Waals surface area contributed by atoms with E-state index in [1.165, 1.54) is 31.2 Å². The monoisotopic (exact) mass is 395 g/mol. The molecule has 9 heteroatoms. The molecule has 2 N–H and O–H groups in total. The molecule has 7 nitrogen and oxygen atoms in total. The number of hydrogen-bond donors (Lipinski definition) is 2. The number of carbonyl (C=O) groups excluding carboxylic acids is 2. The number of hydrogen-bond acceptors (Lipinski definition) is 4. The zero-order chi connectivity index (χ0) is 17.9. The number of nitro benzene ring substituents is 1. The predicted octanol–water partition coefficient (Wildman–Crippen LogP) is 3.71. The first kappa shape index (κ1) is 17.5. The number of anilines is 2. The average molecular weight is 396 g/mol. The first-order chi connectivity index (χ1) is 11.3. The molecule has 0 aliphatic rings. The number of nitro groups is 1. The minimum Gasteiger partial charge on any atom is -0.326 e. The molecule has 24 heavy (non-hydrogen) atoms. The Morgan fingerprint density at radius 3 is 2.50 bits per heavy atom. The Morgan fingerprint density at radius 1 is 1.17 bits per heavy atom. The molecule has 2 aromatic carbocycles. The van der Waals surface area contributed by atoms with Crippen molar-refractivity contribution < 1.29 is 18.9 Å². The summed E-state index contributed by atoms with van der Waals surface area (Å²) in [6.45, 7) is 1.29. The van der Waals surface area contributed by atoms with E-state index in [1.54, 1.807) is 0 Å².